The first kappa shape index (κ1) is 15.5. The number of rotatable bonds is 7. The molecule has 0 aliphatic rings. The van der Waals surface area contributed by atoms with Gasteiger partial charge in [0.25, 0.3) is 0 Å². The van der Waals surface area contributed by atoms with Crippen molar-refractivity contribution in [2.45, 2.75) is 38.6 Å². The summed E-state index contributed by atoms with van der Waals surface area (Å²) in [6, 6.07) is -0.360. The van der Waals surface area contributed by atoms with E-state index in [0.29, 0.717) is 13.0 Å². The second kappa shape index (κ2) is 6.93. The summed E-state index contributed by atoms with van der Waals surface area (Å²) < 4.78 is 0. The van der Waals surface area contributed by atoms with Crippen molar-refractivity contribution in [2.24, 2.45) is 0 Å². The third-order valence-electron chi connectivity index (χ3n) is 2.81. The minimum atomic E-state index is -1.20. The van der Waals surface area contributed by atoms with E-state index in [9.17, 15) is 9.59 Å². The smallest absolute Gasteiger partial charge is 0.329 e. The molecular weight excluding hydrogens is 220 g/mol. The van der Waals surface area contributed by atoms with E-state index in [0.717, 1.165) is 12.8 Å². The third-order valence-corrected chi connectivity index (χ3v) is 2.81. The van der Waals surface area contributed by atoms with Crippen molar-refractivity contribution in [1.29, 1.82) is 0 Å². The van der Waals surface area contributed by atoms with Crippen LogP contribution >= 0.6 is 0 Å². The van der Waals surface area contributed by atoms with E-state index in [1.807, 2.05) is 0 Å². The molecule has 0 heterocycles. The number of carbonyl (C=O) groups is 2. The number of amides is 2. The van der Waals surface area contributed by atoms with Crippen LogP contribution < -0.4 is 5.32 Å². The molecule has 0 aromatic rings. The number of aliphatic carboxylic acids is 1. The fraction of sp³-hybridized carbons (Fsp3) is 0.667. The van der Waals surface area contributed by atoms with Crippen LogP contribution in [0.4, 0.5) is 4.79 Å². The van der Waals surface area contributed by atoms with Gasteiger partial charge in [-0.25, -0.2) is 9.59 Å². The van der Waals surface area contributed by atoms with Gasteiger partial charge in [-0.3, -0.25) is 0 Å². The van der Waals surface area contributed by atoms with Crippen LogP contribution in [0.5, 0.6) is 0 Å². The summed E-state index contributed by atoms with van der Waals surface area (Å²) in [7, 11) is 1.65. The van der Waals surface area contributed by atoms with E-state index in [1.54, 1.807) is 20.0 Å². The Hall–Kier alpha value is -1.52. The van der Waals surface area contributed by atoms with E-state index < -0.39 is 11.5 Å². The summed E-state index contributed by atoms with van der Waals surface area (Å²) >= 11 is 0. The molecule has 1 unspecified atom stereocenters. The van der Waals surface area contributed by atoms with Crippen molar-refractivity contribution in [1.82, 2.24) is 10.2 Å². The Labute approximate surface area is 102 Å². The van der Waals surface area contributed by atoms with Crippen molar-refractivity contribution in [3.8, 4) is 0 Å². The van der Waals surface area contributed by atoms with Gasteiger partial charge in [0, 0.05) is 13.6 Å². The maximum absolute atomic E-state index is 11.7. The van der Waals surface area contributed by atoms with E-state index in [2.05, 4.69) is 11.9 Å². The topological polar surface area (TPSA) is 69.6 Å². The van der Waals surface area contributed by atoms with Crippen molar-refractivity contribution < 1.29 is 14.7 Å². The van der Waals surface area contributed by atoms with Crippen LogP contribution in [-0.2, 0) is 4.79 Å². The predicted octanol–water partition coefficient (Wildman–Crippen LogP) is 1.85. The lowest BCUT2D eigenvalue weighted by Gasteiger charge is -2.28. The molecule has 0 aromatic carbocycles. The van der Waals surface area contributed by atoms with Crippen molar-refractivity contribution >= 4 is 12.0 Å². The molecule has 98 valence electrons. The number of carbonyl (C=O) groups excluding carboxylic acids is 1. The Kier molecular flexibility index (Phi) is 6.31. The van der Waals surface area contributed by atoms with Crippen LogP contribution in [0.2, 0.25) is 0 Å². The summed E-state index contributed by atoms with van der Waals surface area (Å²) in [5.41, 5.74) is -1.20. The van der Waals surface area contributed by atoms with Crippen molar-refractivity contribution in [3.63, 3.8) is 0 Å². The maximum Gasteiger partial charge on any atom is 0.329 e. The average molecular weight is 242 g/mol. The Morgan fingerprint density at radius 3 is 2.53 bits per heavy atom. The van der Waals surface area contributed by atoms with Gasteiger partial charge in [-0.1, -0.05) is 13.0 Å². The molecule has 0 aliphatic carbocycles. The molecule has 1 atom stereocenters. The van der Waals surface area contributed by atoms with Crippen LogP contribution in [0.15, 0.2) is 12.7 Å². The van der Waals surface area contributed by atoms with Crippen LogP contribution in [0.25, 0.3) is 0 Å². The number of nitrogens with zero attached hydrogens (tertiary/aromatic N) is 1. The third kappa shape index (κ3) is 4.89. The Bertz CT molecular complexity index is 291. The molecule has 5 nitrogen and oxygen atoms in total. The standard InChI is InChI=1S/C12H22N2O3/c1-5-7-8-9-14(4)11(17)13-12(3,6-2)10(15)16/h5H,1,6-9H2,2-4H3,(H,13,17)(H,15,16). The summed E-state index contributed by atoms with van der Waals surface area (Å²) in [6.07, 6.45) is 3.79. The van der Waals surface area contributed by atoms with Gasteiger partial charge in [-0.2, -0.15) is 0 Å². The zero-order valence-electron chi connectivity index (χ0n) is 10.8. The molecule has 5 heteroatoms. The lowest BCUT2D eigenvalue weighted by Crippen LogP contribution is -2.55. The number of nitrogens with one attached hydrogen (secondary N) is 1. The molecular formula is C12H22N2O3. The van der Waals surface area contributed by atoms with E-state index in [1.165, 1.54) is 11.8 Å². The fourth-order valence-corrected chi connectivity index (χ4v) is 1.20. The van der Waals surface area contributed by atoms with Gasteiger partial charge in [-0.15, -0.1) is 6.58 Å². The number of carboxylic acids is 1. The van der Waals surface area contributed by atoms with Gasteiger partial charge in [0.2, 0.25) is 0 Å². The van der Waals surface area contributed by atoms with Crippen LogP contribution in [0.3, 0.4) is 0 Å². The van der Waals surface area contributed by atoms with Crippen LogP contribution in [-0.4, -0.2) is 41.1 Å². The molecule has 0 saturated heterocycles. The highest BCUT2D eigenvalue weighted by Crippen LogP contribution is 2.10. The van der Waals surface area contributed by atoms with Crippen LogP contribution in [0, 0.1) is 0 Å². The quantitative estimate of drug-likeness (QED) is 0.528. The first-order valence-corrected chi connectivity index (χ1v) is 5.75. The average Bonchev–Trinajstić information content (AvgIpc) is 2.28. The predicted molar refractivity (Wildman–Crippen MR) is 66.9 cm³/mol. The van der Waals surface area contributed by atoms with Crippen LogP contribution in [0.1, 0.15) is 33.1 Å². The minimum absolute atomic E-state index is 0.342. The van der Waals surface area contributed by atoms with Crippen molar-refractivity contribution in [2.75, 3.05) is 13.6 Å². The fourth-order valence-electron chi connectivity index (χ4n) is 1.20. The number of hydrogen-bond donors (Lipinski definition) is 2. The van der Waals surface area contributed by atoms with Gasteiger partial charge in [0.15, 0.2) is 0 Å². The molecule has 0 aromatic heterocycles. The molecule has 17 heavy (non-hydrogen) atoms. The molecule has 0 spiro atoms. The number of allylic oxidation sites excluding steroid dienone is 1. The number of unbranched alkanes of at least 4 members (excludes halogenated alkanes) is 1. The van der Waals surface area contributed by atoms with Gasteiger partial charge >= 0.3 is 12.0 Å². The largest absolute Gasteiger partial charge is 0.480 e. The molecule has 0 fully saturated rings. The Morgan fingerprint density at radius 2 is 2.12 bits per heavy atom. The number of urea groups is 1. The lowest BCUT2D eigenvalue weighted by atomic mass is 10.00. The Balaban J connectivity index is 4.31. The molecule has 2 N–H and O–H groups in total. The molecule has 0 radical (unpaired) electrons. The monoisotopic (exact) mass is 242 g/mol. The van der Waals surface area contributed by atoms with E-state index in [-0.39, 0.29) is 6.03 Å². The molecule has 0 rings (SSSR count). The zero-order chi connectivity index (χ0) is 13.5. The highest BCUT2D eigenvalue weighted by atomic mass is 16.4. The Morgan fingerprint density at radius 1 is 1.53 bits per heavy atom. The van der Waals surface area contributed by atoms with E-state index >= 15 is 0 Å². The van der Waals surface area contributed by atoms with Gasteiger partial charge < -0.3 is 15.3 Å². The molecule has 0 bridgehead atoms. The second-order valence-electron chi connectivity index (χ2n) is 4.27. The normalized spacial score (nSPS) is 13.6. The number of hydrogen-bond acceptors (Lipinski definition) is 2. The first-order valence-electron chi connectivity index (χ1n) is 5.75. The number of carboxylic acid groups (broad SMARTS) is 1. The minimum Gasteiger partial charge on any atom is -0.480 e. The summed E-state index contributed by atoms with van der Waals surface area (Å²) in [4.78, 5) is 24.3. The van der Waals surface area contributed by atoms with Gasteiger partial charge in [0.05, 0.1) is 0 Å². The highest BCUT2D eigenvalue weighted by Gasteiger charge is 2.33. The van der Waals surface area contributed by atoms with Gasteiger partial charge in [0.1, 0.15) is 5.54 Å². The lowest BCUT2D eigenvalue weighted by molar-refractivity contribution is -0.143. The highest BCUT2D eigenvalue weighted by molar-refractivity contribution is 5.85. The molecule has 0 aliphatic heterocycles. The zero-order valence-corrected chi connectivity index (χ0v) is 10.8. The summed E-state index contributed by atoms with van der Waals surface area (Å²) in [6.45, 7) is 7.42. The molecule has 0 saturated carbocycles. The first-order chi connectivity index (χ1) is 7.87. The maximum atomic E-state index is 11.7. The summed E-state index contributed by atoms with van der Waals surface area (Å²) in [5.74, 6) is -1.02. The SMILES string of the molecule is C=CCCCN(C)C(=O)NC(C)(CC)C(=O)O. The molecule has 2 amide bonds. The second-order valence-corrected chi connectivity index (χ2v) is 4.27. The van der Waals surface area contributed by atoms with E-state index in [4.69, 9.17) is 5.11 Å². The van der Waals surface area contributed by atoms with Crippen molar-refractivity contribution in [3.05, 3.63) is 12.7 Å². The summed E-state index contributed by atoms with van der Waals surface area (Å²) in [5, 5.41) is 11.6. The van der Waals surface area contributed by atoms with Gasteiger partial charge in [-0.05, 0) is 26.2 Å².